The lowest BCUT2D eigenvalue weighted by Crippen LogP contribution is -2.26. The molecule has 2 nitrogen and oxygen atoms in total. The van der Waals surface area contributed by atoms with Crippen molar-refractivity contribution < 1.29 is 4.79 Å². The lowest BCUT2D eigenvalue weighted by atomic mass is 10.1. The van der Waals surface area contributed by atoms with Crippen molar-refractivity contribution in [3.63, 3.8) is 0 Å². The first-order valence-electron chi connectivity index (χ1n) is 6.50. The van der Waals surface area contributed by atoms with Gasteiger partial charge in [-0.3, -0.25) is 4.79 Å². The maximum Gasteiger partial charge on any atom is 0.164 e. The summed E-state index contributed by atoms with van der Waals surface area (Å²) in [6, 6.07) is 7.11. The van der Waals surface area contributed by atoms with Gasteiger partial charge >= 0.3 is 0 Å². The first-order valence-corrected chi connectivity index (χ1v) is 6.88. The van der Waals surface area contributed by atoms with Gasteiger partial charge in [0.15, 0.2) is 5.78 Å². The van der Waals surface area contributed by atoms with Gasteiger partial charge in [0.05, 0.1) is 0 Å². The summed E-state index contributed by atoms with van der Waals surface area (Å²) in [5, 5.41) is 0.667. The summed E-state index contributed by atoms with van der Waals surface area (Å²) < 4.78 is 0. The van der Waals surface area contributed by atoms with Crippen LogP contribution in [0.4, 0.5) is 0 Å². The van der Waals surface area contributed by atoms with Gasteiger partial charge in [0.2, 0.25) is 0 Å². The number of halogens is 1. The second-order valence-corrected chi connectivity index (χ2v) is 5.39. The fraction of sp³-hybridized carbons (Fsp3) is 0.533. The van der Waals surface area contributed by atoms with Gasteiger partial charge in [-0.1, -0.05) is 31.9 Å². The van der Waals surface area contributed by atoms with Crippen molar-refractivity contribution in [2.75, 3.05) is 20.1 Å². The minimum Gasteiger partial charge on any atom is -0.306 e. The van der Waals surface area contributed by atoms with Crippen LogP contribution in [0.2, 0.25) is 5.02 Å². The van der Waals surface area contributed by atoms with Gasteiger partial charge in [0, 0.05) is 30.1 Å². The van der Waals surface area contributed by atoms with Crippen LogP contribution in [0.25, 0.3) is 0 Å². The predicted molar refractivity (Wildman–Crippen MR) is 77.4 cm³/mol. The van der Waals surface area contributed by atoms with Crippen molar-refractivity contribution in [3.05, 3.63) is 34.9 Å². The van der Waals surface area contributed by atoms with E-state index < -0.39 is 0 Å². The molecule has 0 aliphatic carbocycles. The molecule has 0 saturated heterocycles. The lowest BCUT2D eigenvalue weighted by Gasteiger charge is -2.19. The van der Waals surface area contributed by atoms with Crippen LogP contribution in [0, 0.1) is 5.92 Å². The van der Waals surface area contributed by atoms with Gasteiger partial charge in [-0.05, 0) is 37.2 Å². The molecule has 0 saturated carbocycles. The molecule has 0 aliphatic heterocycles. The molecule has 0 N–H and O–H groups in total. The topological polar surface area (TPSA) is 20.3 Å². The molecule has 0 fully saturated rings. The average Bonchev–Trinajstić information content (AvgIpc) is 2.36. The smallest absolute Gasteiger partial charge is 0.164 e. The van der Waals surface area contributed by atoms with E-state index in [1.165, 1.54) is 6.42 Å². The zero-order valence-electron chi connectivity index (χ0n) is 11.4. The highest BCUT2D eigenvalue weighted by Gasteiger charge is 2.09. The van der Waals surface area contributed by atoms with E-state index in [0.29, 0.717) is 17.4 Å². The molecule has 0 aliphatic rings. The van der Waals surface area contributed by atoms with Gasteiger partial charge in [-0.15, -0.1) is 0 Å². The third-order valence-electron chi connectivity index (χ3n) is 3.21. The number of nitrogens with zero attached hydrogens (tertiary/aromatic N) is 1. The molecule has 0 heterocycles. The highest BCUT2D eigenvalue weighted by molar-refractivity contribution is 6.30. The fourth-order valence-electron chi connectivity index (χ4n) is 1.82. The van der Waals surface area contributed by atoms with E-state index in [1.54, 1.807) is 24.3 Å². The number of carbonyl (C=O) groups is 1. The Kier molecular flexibility index (Phi) is 6.37. The average molecular weight is 268 g/mol. The first kappa shape index (κ1) is 15.2. The van der Waals surface area contributed by atoms with Crippen molar-refractivity contribution in [1.29, 1.82) is 0 Å². The predicted octanol–water partition coefficient (Wildman–Crippen LogP) is 3.89. The van der Waals surface area contributed by atoms with Gasteiger partial charge in [0.25, 0.3) is 0 Å². The number of hydrogen-bond donors (Lipinski definition) is 0. The van der Waals surface area contributed by atoms with Crippen LogP contribution in [0.3, 0.4) is 0 Å². The van der Waals surface area contributed by atoms with Crippen LogP contribution in [-0.2, 0) is 0 Å². The monoisotopic (exact) mass is 267 g/mol. The van der Waals surface area contributed by atoms with E-state index >= 15 is 0 Å². The van der Waals surface area contributed by atoms with E-state index in [4.69, 9.17) is 11.6 Å². The molecule has 3 heteroatoms. The summed E-state index contributed by atoms with van der Waals surface area (Å²) in [5.74, 6) is 0.864. The Morgan fingerprint density at radius 3 is 2.50 bits per heavy atom. The molecule has 1 aromatic carbocycles. The Hall–Kier alpha value is -0.860. The number of rotatable bonds is 7. The molecule has 18 heavy (non-hydrogen) atoms. The van der Waals surface area contributed by atoms with Crippen LogP contribution in [-0.4, -0.2) is 30.8 Å². The summed E-state index contributed by atoms with van der Waals surface area (Å²) >= 11 is 5.80. The van der Waals surface area contributed by atoms with Crippen molar-refractivity contribution >= 4 is 17.4 Å². The number of Topliss-reactive ketones (excluding diaryl/α,β-unsaturated/α-hetero) is 1. The van der Waals surface area contributed by atoms with Gasteiger partial charge < -0.3 is 4.90 Å². The highest BCUT2D eigenvalue weighted by atomic mass is 35.5. The van der Waals surface area contributed by atoms with Gasteiger partial charge in [0.1, 0.15) is 0 Å². The summed E-state index contributed by atoms with van der Waals surface area (Å²) in [4.78, 5) is 14.2. The first-order chi connectivity index (χ1) is 8.52. The molecule has 1 rings (SSSR count). The van der Waals surface area contributed by atoms with Crippen LogP contribution >= 0.6 is 11.6 Å². The zero-order chi connectivity index (χ0) is 13.5. The zero-order valence-corrected chi connectivity index (χ0v) is 12.2. The van der Waals surface area contributed by atoms with Crippen molar-refractivity contribution in [2.45, 2.75) is 26.7 Å². The normalized spacial score (nSPS) is 12.7. The molecule has 0 aromatic heterocycles. The minimum absolute atomic E-state index is 0.183. The van der Waals surface area contributed by atoms with E-state index in [2.05, 4.69) is 25.8 Å². The molecule has 0 bridgehead atoms. The van der Waals surface area contributed by atoms with Gasteiger partial charge in [-0.2, -0.15) is 0 Å². The molecule has 0 amide bonds. The number of hydrogen-bond acceptors (Lipinski definition) is 2. The second kappa shape index (κ2) is 7.55. The Bertz CT molecular complexity index is 375. The third-order valence-corrected chi connectivity index (χ3v) is 3.46. The summed E-state index contributed by atoms with van der Waals surface area (Å²) in [7, 11) is 2.07. The van der Waals surface area contributed by atoms with Gasteiger partial charge in [-0.25, -0.2) is 0 Å². The Balaban J connectivity index is 2.39. The summed E-state index contributed by atoms with van der Waals surface area (Å²) in [6.45, 7) is 6.28. The van der Waals surface area contributed by atoms with Crippen LogP contribution in [0.15, 0.2) is 24.3 Å². The third kappa shape index (κ3) is 5.19. The van der Waals surface area contributed by atoms with E-state index in [-0.39, 0.29) is 5.78 Å². The molecule has 1 aromatic rings. The molecule has 0 radical (unpaired) electrons. The second-order valence-electron chi connectivity index (χ2n) is 4.96. The van der Waals surface area contributed by atoms with Crippen molar-refractivity contribution in [1.82, 2.24) is 4.90 Å². The maximum atomic E-state index is 11.9. The number of benzene rings is 1. The highest BCUT2D eigenvalue weighted by Crippen LogP contribution is 2.11. The lowest BCUT2D eigenvalue weighted by molar-refractivity contribution is 0.0966. The summed E-state index contributed by atoms with van der Waals surface area (Å²) in [5.41, 5.74) is 0.747. The minimum atomic E-state index is 0.183. The Morgan fingerprint density at radius 2 is 1.94 bits per heavy atom. The standard InChI is InChI=1S/C15H22ClNO/c1-4-12(2)11-17(3)10-9-15(18)13-5-7-14(16)8-6-13/h5-8,12H,4,9-11H2,1-3H3. The molecule has 100 valence electrons. The van der Waals surface area contributed by atoms with Crippen LogP contribution < -0.4 is 0 Å². The molecule has 1 unspecified atom stereocenters. The molecular formula is C15H22ClNO. The van der Waals surface area contributed by atoms with E-state index in [9.17, 15) is 4.79 Å². The Morgan fingerprint density at radius 1 is 1.33 bits per heavy atom. The van der Waals surface area contributed by atoms with Crippen LogP contribution in [0.5, 0.6) is 0 Å². The number of ketones is 1. The molecular weight excluding hydrogens is 246 g/mol. The molecule has 1 atom stereocenters. The quantitative estimate of drug-likeness (QED) is 0.699. The van der Waals surface area contributed by atoms with Crippen molar-refractivity contribution in [3.8, 4) is 0 Å². The van der Waals surface area contributed by atoms with Crippen molar-refractivity contribution in [2.24, 2.45) is 5.92 Å². The van der Waals surface area contributed by atoms with E-state index in [0.717, 1.165) is 18.7 Å². The maximum absolute atomic E-state index is 11.9. The number of carbonyl (C=O) groups excluding carboxylic acids is 1. The SMILES string of the molecule is CCC(C)CN(C)CCC(=O)c1ccc(Cl)cc1. The van der Waals surface area contributed by atoms with E-state index in [1.807, 2.05) is 0 Å². The summed E-state index contributed by atoms with van der Waals surface area (Å²) in [6.07, 6.45) is 1.74. The van der Waals surface area contributed by atoms with Crippen LogP contribution in [0.1, 0.15) is 37.0 Å². The molecule has 0 spiro atoms. The fourth-order valence-corrected chi connectivity index (χ4v) is 1.95. The Labute approximate surface area is 115 Å². The largest absolute Gasteiger partial charge is 0.306 e.